The molecule has 25 heavy (non-hydrogen) atoms. The average Bonchev–Trinajstić information content (AvgIpc) is 3.04. The van der Waals surface area contributed by atoms with Crippen LogP contribution in [0.1, 0.15) is 19.2 Å². The first-order valence-corrected chi connectivity index (χ1v) is 8.77. The largest absolute Gasteiger partial charge is 0.452 e. The Balaban J connectivity index is 2.10. The second-order valence-electron chi connectivity index (χ2n) is 5.63. The number of para-hydroxylation sites is 2. The zero-order chi connectivity index (χ0) is 18.0. The number of methoxy groups -OCH3 is 1. The molecule has 1 aromatic carbocycles. The Morgan fingerprint density at radius 2 is 2.00 bits per heavy atom. The van der Waals surface area contributed by atoms with Gasteiger partial charge in [0.05, 0.1) is 11.0 Å². The van der Waals surface area contributed by atoms with E-state index in [0.717, 1.165) is 10.8 Å². The number of thioether (sulfide) groups is 1. The number of hydrogen-bond acceptors (Lipinski definition) is 5. The summed E-state index contributed by atoms with van der Waals surface area (Å²) in [5.41, 5.74) is 0.939. The normalized spacial score (nSPS) is 13.6. The van der Waals surface area contributed by atoms with Gasteiger partial charge < -0.3 is 4.74 Å². The Kier molecular flexibility index (Phi) is 5.14. The van der Waals surface area contributed by atoms with E-state index < -0.39 is 12.0 Å². The maximum absolute atomic E-state index is 13.3. The van der Waals surface area contributed by atoms with Crippen LogP contribution in [0.4, 0.5) is 13.2 Å². The maximum Gasteiger partial charge on any atom is 0.452 e. The number of alkyl halides is 3. The molecule has 9 heteroatoms. The van der Waals surface area contributed by atoms with Crippen molar-refractivity contribution in [2.24, 2.45) is 5.92 Å². The van der Waals surface area contributed by atoms with Crippen LogP contribution in [-0.2, 0) is 10.9 Å². The molecule has 3 rings (SSSR count). The van der Waals surface area contributed by atoms with Gasteiger partial charge in [-0.15, -0.1) is 22.0 Å². The van der Waals surface area contributed by atoms with Crippen molar-refractivity contribution in [2.75, 3.05) is 19.5 Å². The van der Waals surface area contributed by atoms with E-state index in [2.05, 4.69) is 15.2 Å². The lowest BCUT2D eigenvalue weighted by Gasteiger charge is -2.14. The number of halogens is 3. The van der Waals surface area contributed by atoms with Crippen LogP contribution >= 0.6 is 11.8 Å². The van der Waals surface area contributed by atoms with Crippen molar-refractivity contribution in [3.05, 3.63) is 30.1 Å². The molecule has 0 saturated carbocycles. The molecule has 0 N–H and O–H groups in total. The fourth-order valence-electron chi connectivity index (χ4n) is 2.55. The van der Waals surface area contributed by atoms with Gasteiger partial charge in [0.1, 0.15) is 5.03 Å². The van der Waals surface area contributed by atoms with Crippen LogP contribution in [0.2, 0.25) is 0 Å². The van der Waals surface area contributed by atoms with Crippen LogP contribution < -0.4 is 0 Å². The Hall–Kier alpha value is -1.87. The molecule has 0 saturated heterocycles. The number of rotatable bonds is 6. The van der Waals surface area contributed by atoms with Gasteiger partial charge in [-0.2, -0.15) is 13.2 Å². The van der Waals surface area contributed by atoms with Crippen molar-refractivity contribution in [1.29, 1.82) is 0 Å². The summed E-state index contributed by atoms with van der Waals surface area (Å²) in [7, 11) is 1.63. The lowest BCUT2D eigenvalue weighted by Crippen LogP contribution is -2.12. The highest BCUT2D eigenvalue weighted by atomic mass is 32.2. The molecule has 0 aliphatic carbocycles. The molecule has 3 aromatic rings. The monoisotopic (exact) mass is 370 g/mol. The molecule has 5 nitrogen and oxygen atoms in total. The molecule has 0 fully saturated rings. The van der Waals surface area contributed by atoms with E-state index in [1.165, 1.54) is 11.8 Å². The van der Waals surface area contributed by atoms with Crippen LogP contribution in [0.5, 0.6) is 0 Å². The lowest BCUT2D eigenvalue weighted by atomic mass is 10.1. The minimum absolute atomic E-state index is 0.128. The van der Waals surface area contributed by atoms with E-state index >= 15 is 0 Å². The summed E-state index contributed by atoms with van der Waals surface area (Å²) in [5, 5.41) is 7.58. The van der Waals surface area contributed by atoms with E-state index in [1.807, 2.05) is 6.92 Å². The first kappa shape index (κ1) is 17.9. The highest BCUT2D eigenvalue weighted by Gasteiger charge is 2.38. The standard InChI is InChI=1S/C16H17F3N4OS/c1-3-10(8-24-2)9-25-14-13-21-22-15(16(17,18)19)23(13)12-7-5-4-6-11(12)20-14/h4-7,10H,3,8-9H2,1-2H3. The zero-order valence-corrected chi connectivity index (χ0v) is 14.6. The minimum atomic E-state index is -4.59. The number of hydrogen-bond donors (Lipinski definition) is 0. The molecule has 0 spiro atoms. The van der Waals surface area contributed by atoms with Gasteiger partial charge in [-0.25, -0.2) is 4.98 Å². The van der Waals surface area contributed by atoms with Crippen molar-refractivity contribution in [1.82, 2.24) is 19.6 Å². The predicted octanol–water partition coefficient (Wildman–Crippen LogP) is 4.06. The highest BCUT2D eigenvalue weighted by molar-refractivity contribution is 7.99. The Morgan fingerprint density at radius 1 is 1.24 bits per heavy atom. The van der Waals surface area contributed by atoms with Gasteiger partial charge in [0.25, 0.3) is 0 Å². The van der Waals surface area contributed by atoms with Crippen molar-refractivity contribution >= 4 is 28.4 Å². The molecule has 2 aromatic heterocycles. The van der Waals surface area contributed by atoms with Crippen LogP contribution in [-0.4, -0.2) is 39.1 Å². The number of aromatic nitrogens is 4. The number of fused-ring (bicyclic) bond motifs is 3. The summed E-state index contributed by atoms with van der Waals surface area (Å²) in [6.07, 6.45) is -3.68. The van der Waals surface area contributed by atoms with Crippen molar-refractivity contribution < 1.29 is 17.9 Å². The third-order valence-electron chi connectivity index (χ3n) is 3.89. The SMILES string of the molecule is CCC(COC)CSc1nc2ccccc2n2c(C(F)(F)F)nnc12. The van der Waals surface area contributed by atoms with E-state index in [4.69, 9.17) is 4.74 Å². The van der Waals surface area contributed by atoms with Crippen molar-refractivity contribution in [3.8, 4) is 0 Å². The zero-order valence-electron chi connectivity index (χ0n) is 13.7. The van der Waals surface area contributed by atoms with E-state index in [1.54, 1.807) is 31.4 Å². The number of ether oxygens (including phenoxy) is 1. The lowest BCUT2D eigenvalue weighted by molar-refractivity contribution is -0.145. The Morgan fingerprint density at radius 3 is 2.68 bits per heavy atom. The van der Waals surface area contributed by atoms with Crippen LogP contribution in [0.25, 0.3) is 16.7 Å². The van der Waals surface area contributed by atoms with Crippen molar-refractivity contribution in [2.45, 2.75) is 24.5 Å². The molecular formula is C16H17F3N4OS. The Bertz CT molecular complexity index is 881. The second-order valence-corrected chi connectivity index (χ2v) is 6.64. The van der Waals surface area contributed by atoms with Gasteiger partial charge in [-0.1, -0.05) is 25.5 Å². The summed E-state index contributed by atoms with van der Waals surface area (Å²) in [6.45, 7) is 2.64. The minimum Gasteiger partial charge on any atom is -0.384 e. The van der Waals surface area contributed by atoms with Gasteiger partial charge in [0.2, 0.25) is 5.82 Å². The summed E-state index contributed by atoms with van der Waals surface area (Å²) >= 11 is 1.38. The Labute approximate surface area is 146 Å². The fraction of sp³-hybridized carbons (Fsp3) is 0.438. The first-order valence-electron chi connectivity index (χ1n) is 7.78. The summed E-state index contributed by atoms with van der Waals surface area (Å²) in [4.78, 5) is 4.50. The molecule has 0 amide bonds. The molecular weight excluding hydrogens is 353 g/mol. The van der Waals surface area contributed by atoms with Crippen molar-refractivity contribution in [3.63, 3.8) is 0 Å². The molecule has 0 aliphatic rings. The van der Waals surface area contributed by atoms with E-state index in [0.29, 0.717) is 28.4 Å². The molecule has 134 valence electrons. The molecule has 1 unspecified atom stereocenters. The first-order chi connectivity index (χ1) is 12.0. The van der Waals surface area contributed by atoms with Gasteiger partial charge in [-0.3, -0.25) is 4.40 Å². The molecule has 0 bridgehead atoms. The topological polar surface area (TPSA) is 52.3 Å². The van der Waals surface area contributed by atoms with Crippen LogP contribution in [0.15, 0.2) is 29.3 Å². The third-order valence-corrected chi connectivity index (χ3v) is 5.07. The third kappa shape index (κ3) is 3.57. The molecule has 0 radical (unpaired) electrons. The van der Waals surface area contributed by atoms with Gasteiger partial charge in [-0.05, 0) is 18.1 Å². The van der Waals surface area contributed by atoms with Crippen LogP contribution in [0, 0.1) is 5.92 Å². The summed E-state index contributed by atoms with van der Waals surface area (Å²) in [5.74, 6) is -0.0697. The summed E-state index contributed by atoms with van der Waals surface area (Å²) < 4.78 is 46.2. The average molecular weight is 370 g/mol. The maximum atomic E-state index is 13.3. The van der Waals surface area contributed by atoms with Gasteiger partial charge in [0.15, 0.2) is 5.65 Å². The number of nitrogens with zero attached hydrogens (tertiary/aromatic N) is 4. The van der Waals surface area contributed by atoms with Crippen LogP contribution in [0.3, 0.4) is 0 Å². The second kappa shape index (κ2) is 7.17. The molecule has 0 aliphatic heterocycles. The molecule has 1 atom stereocenters. The predicted molar refractivity (Wildman–Crippen MR) is 89.7 cm³/mol. The van der Waals surface area contributed by atoms with Gasteiger partial charge in [0, 0.05) is 19.5 Å². The number of benzene rings is 1. The highest BCUT2D eigenvalue weighted by Crippen LogP contribution is 2.33. The van der Waals surface area contributed by atoms with Gasteiger partial charge >= 0.3 is 6.18 Å². The quantitative estimate of drug-likeness (QED) is 0.613. The van der Waals surface area contributed by atoms with E-state index in [9.17, 15) is 13.2 Å². The smallest absolute Gasteiger partial charge is 0.384 e. The van der Waals surface area contributed by atoms with E-state index in [-0.39, 0.29) is 11.6 Å². The summed E-state index contributed by atoms with van der Waals surface area (Å²) in [6, 6.07) is 6.68. The molecule has 2 heterocycles. The fourth-order valence-corrected chi connectivity index (χ4v) is 3.70.